The summed E-state index contributed by atoms with van der Waals surface area (Å²) in [6.45, 7) is 7.33. The molecule has 1 aliphatic rings. The summed E-state index contributed by atoms with van der Waals surface area (Å²) in [4.78, 5) is 14.4. The number of carbonyl (C=O) groups excluding carboxylic acids is 1. The van der Waals surface area contributed by atoms with Crippen molar-refractivity contribution in [2.45, 2.75) is 52.2 Å². The summed E-state index contributed by atoms with van der Waals surface area (Å²) in [6, 6.07) is 10.0. The van der Waals surface area contributed by atoms with E-state index in [0.29, 0.717) is 13.1 Å². The van der Waals surface area contributed by atoms with Gasteiger partial charge in [0.25, 0.3) is 0 Å². The van der Waals surface area contributed by atoms with Crippen LogP contribution in [0.1, 0.15) is 51.6 Å². The standard InChI is InChI=1S/C19H27N3O2/c1-4-17(16-7-5-6-8-18(16)24-14(2)3)21-19(23)22-11-9-15(13-20)10-12-22/h5-8,14-15,17H,4,9-12H2,1-3H3,(H,21,23)/t17-/m1/s1. The lowest BCUT2D eigenvalue weighted by atomic mass is 9.99. The largest absolute Gasteiger partial charge is 0.491 e. The van der Waals surface area contributed by atoms with E-state index in [1.807, 2.05) is 43.0 Å². The second-order valence-corrected chi connectivity index (χ2v) is 6.51. The number of likely N-dealkylation sites (tertiary alicyclic amines) is 1. The van der Waals surface area contributed by atoms with Gasteiger partial charge in [0, 0.05) is 24.6 Å². The Morgan fingerprint density at radius 2 is 2.04 bits per heavy atom. The number of piperidine rings is 1. The van der Waals surface area contributed by atoms with Gasteiger partial charge in [-0.05, 0) is 39.2 Å². The first kappa shape index (κ1) is 18.1. The minimum atomic E-state index is -0.0823. The molecule has 5 nitrogen and oxygen atoms in total. The van der Waals surface area contributed by atoms with Crippen LogP contribution in [0.2, 0.25) is 0 Å². The Kier molecular flexibility index (Phi) is 6.48. The lowest BCUT2D eigenvalue weighted by Crippen LogP contribution is -2.45. The van der Waals surface area contributed by atoms with Crippen molar-refractivity contribution in [1.29, 1.82) is 5.26 Å². The maximum atomic E-state index is 12.6. The summed E-state index contributed by atoms with van der Waals surface area (Å²) >= 11 is 0. The molecule has 2 rings (SSSR count). The zero-order valence-corrected chi connectivity index (χ0v) is 14.8. The van der Waals surface area contributed by atoms with Crippen LogP contribution in [0.3, 0.4) is 0 Å². The number of carbonyl (C=O) groups is 1. The van der Waals surface area contributed by atoms with Crippen molar-refractivity contribution in [3.8, 4) is 11.8 Å². The molecule has 1 aliphatic heterocycles. The lowest BCUT2D eigenvalue weighted by Gasteiger charge is -2.31. The fourth-order valence-corrected chi connectivity index (χ4v) is 2.98. The molecule has 1 saturated heterocycles. The molecule has 0 aliphatic carbocycles. The molecule has 0 saturated carbocycles. The SMILES string of the molecule is CC[C@@H](NC(=O)N1CCC(C#N)CC1)c1ccccc1OC(C)C. The van der Waals surface area contributed by atoms with E-state index in [4.69, 9.17) is 10.00 Å². The molecule has 0 unspecified atom stereocenters. The van der Waals surface area contributed by atoms with Gasteiger partial charge in [0.1, 0.15) is 5.75 Å². The smallest absolute Gasteiger partial charge is 0.317 e. The number of hydrogen-bond donors (Lipinski definition) is 1. The highest BCUT2D eigenvalue weighted by Gasteiger charge is 2.25. The van der Waals surface area contributed by atoms with E-state index < -0.39 is 0 Å². The molecule has 1 heterocycles. The van der Waals surface area contributed by atoms with Gasteiger partial charge in [-0.2, -0.15) is 5.26 Å². The third-order valence-corrected chi connectivity index (χ3v) is 4.33. The Morgan fingerprint density at radius 3 is 2.62 bits per heavy atom. The summed E-state index contributed by atoms with van der Waals surface area (Å²) in [5.41, 5.74) is 1.01. The average Bonchev–Trinajstić information content (AvgIpc) is 2.59. The van der Waals surface area contributed by atoms with Crippen LogP contribution in [0.4, 0.5) is 4.79 Å². The third kappa shape index (κ3) is 4.64. The number of para-hydroxylation sites is 1. The van der Waals surface area contributed by atoms with Crippen LogP contribution in [0.5, 0.6) is 5.75 Å². The van der Waals surface area contributed by atoms with Gasteiger partial charge in [-0.1, -0.05) is 25.1 Å². The quantitative estimate of drug-likeness (QED) is 0.892. The van der Waals surface area contributed by atoms with Crippen LogP contribution < -0.4 is 10.1 Å². The number of rotatable bonds is 5. The van der Waals surface area contributed by atoms with Crippen molar-refractivity contribution in [2.24, 2.45) is 5.92 Å². The first-order valence-electron chi connectivity index (χ1n) is 8.75. The third-order valence-electron chi connectivity index (χ3n) is 4.33. The van der Waals surface area contributed by atoms with Crippen LogP contribution in [0.15, 0.2) is 24.3 Å². The van der Waals surface area contributed by atoms with Crippen molar-refractivity contribution < 1.29 is 9.53 Å². The molecule has 0 bridgehead atoms. The predicted molar refractivity (Wildman–Crippen MR) is 93.7 cm³/mol. The molecule has 130 valence electrons. The number of hydrogen-bond acceptors (Lipinski definition) is 3. The van der Waals surface area contributed by atoms with Crippen molar-refractivity contribution in [3.63, 3.8) is 0 Å². The maximum Gasteiger partial charge on any atom is 0.317 e. The highest BCUT2D eigenvalue weighted by molar-refractivity contribution is 5.75. The molecule has 1 aromatic rings. The monoisotopic (exact) mass is 329 g/mol. The van der Waals surface area contributed by atoms with E-state index in [2.05, 4.69) is 18.3 Å². The normalized spacial score (nSPS) is 16.5. The fraction of sp³-hybridized carbons (Fsp3) is 0.579. The second-order valence-electron chi connectivity index (χ2n) is 6.51. The molecular formula is C19H27N3O2. The van der Waals surface area contributed by atoms with Gasteiger partial charge in [0.15, 0.2) is 0 Å². The van der Waals surface area contributed by atoms with E-state index in [9.17, 15) is 4.79 Å². The Hall–Kier alpha value is -2.22. The number of urea groups is 1. The lowest BCUT2D eigenvalue weighted by molar-refractivity contribution is 0.174. The summed E-state index contributed by atoms with van der Waals surface area (Å²) in [5, 5.41) is 12.1. The van der Waals surface area contributed by atoms with Gasteiger partial charge in [-0.3, -0.25) is 0 Å². The van der Waals surface area contributed by atoms with Gasteiger partial charge in [0.05, 0.1) is 18.2 Å². The van der Waals surface area contributed by atoms with Crippen molar-refractivity contribution >= 4 is 6.03 Å². The van der Waals surface area contributed by atoms with Crippen molar-refractivity contribution in [2.75, 3.05) is 13.1 Å². The first-order chi connectivity index (χ1) is 11.5. The van der Waals surface area contributed by atoms with E-state index in [0.717, 1.165) is 30.6 Å². The summed E-state index contributed by atoms with van der Waals surface area (Å²) < 4.78 is 5.88. The zero-order chi connectivity index (χ0) is 17.5. The van der Waals surface area contributed by atoms with Gasteiger partial charge in [0.2, 0.25) is 0 Å². The van der Waals surface area contributed by atoms with Crippen molar-refractivity contribution in [3.05, 3.63) is 29.8 Å². The van der Waals surface area contributed by atoms with E-state index >= 15 is 0 Å². The second kappa shape index (κ2) is 8.58. The van der Waals surface area contributed by atoms with Gasteiger partial charge < -0.3 is 15.0 Å². The Balaban J connectivity index is 2.04. The minimum Gasteiger partial charge on any atom is -0.491 e. The minimum absolute atomic E-state index is 0.0578. The average molecular weight is 329 g/mol. The molecule has 1 atom stereocenters. The number of nitrogens with one attached hydrogen (secondary N) is 1. The molecule has 2 amide bonds. The number of benzene rings is 1. The highest BCUT2D eigenvalue weighted by Crippen LogP contribution is 2.28. The molecule has 0 aromatic heterocycles. The maximum absolute atomic E-state index is 12.6. The van der Waals surface area contributed by atoms with Crippen LogP contribution in [-0.2, 0) is 0 Å². The molecule has 24 heavy (non-hydrogen) atoms. The van der Waals surface area contributed by atoms with Gasteiger partial charge >= 0.3 is 6.03 Å². The molecule has 0 spiro atoms. The van der Waals surface area contributed by atoms with E-state index in [1.165, 1.54) is 0 Å². The Labute approximate surface area is 144 Å². The molecule has 1 aromatic carbocycles. The fourth-order valence-electron chi connectivity index (χ4n) is 2.98. The number of nitriles is 1. The molecule has 5 heteroatoms. The van der Waals surface area contributed by atoms with E-state index in [1.54, 1.807) is 0 Å². The first-order valence-corrected chi connectivity index (χ1v) is 8.75. The van der Waals surface area contributed by atoms with Crippen LogP contribution in [0, 0.1) is 17.2 Å². The van der Waals surface area contributed by atoms with Gasteiger partial charge in [-0.25, -0.2) is 4.79 Å². The molecular weight excluding hydrogens is 302 g/mol. The van der Waals surface area contributed by atoms with Crippen LogP contribution in [0.25, 0.3) is 0 Å². The van der Waals surface area contributed by atoms with Crippen molar-refractivity contribution in [1.82, 2.24) is 10.2 Å². The summed E-state index contributed by atoms with van der Waals surface area (Å²) in [6.07, 6.45) is 2.39. The number of ether oxygens (including phenoxy) is 1. The van der Waals surface area contributed by atoms with Gasteiger partial charge in [-0.15, -0.1) is 0 Å². The number of amides is 2. The number of nitrogens with zero attached hydrogens (tertiary/aromatic N) is 2. The molecule has 0 radical (unpaired) electrons. The molecule has 1 fully saturated rings. The Morgan fingerprint density at radius 1 is 1.38 bits per heavy atom. The predicted octanol–water partition coefficient (Wildman–Crippen LogP) is 3.87. The van der Waals surface area contributed by atoms with Crippen LogP contribution >= 0.6 is 0 Å². The highest BCUT2D eigenvalue weighted by atomic mass is 16.5. The summed E-state index contributed by atoms with van der Waals surface area (Å²) in [5.74, 6) is 0.902. The van der Waals surface area contributed by atoms with E-state index in [-0.39, 0.29) is 24.1 Å². The summed E-state index contributed by atoms with van der Waals surface area (Å²) in [7, 11) is 0. The topological polar surface area (TPSA) is 65.4 Å². The van der Waals surface area contributed by atoms with Crippen LogP contribution in [-0.4, -0.2) is 30.1 Å². The Bertz CT molecular complexity index is 587. The molecule has 1 N–H and O–H groups in total. The zero-order valence-electron chi connectivity index (χ0n) is 14.8.